The van der Waals surface area contributed by atoms with Crippen molar-refractivity contribution < 1.29 is 14.3 Å². The van der Waals surface area contributed by atoms with Gasteiger partial charge in [0.25, 0.3) is 0 Å². The minimum Gasteiger partial charge on any atom is -0.494 e. The molecule has 1 fully saturated rings. The summed E-state index contributed by atoms with van der Waals surface area (Å²) in [5, 5.41) is 1.87. The number of carbonyl (C=O) groups excluding carboxylic acids is 2. The van der Waals surface area contributed by atoms with E-state index in [1.807, 2.05) is 97.2 Å². The SMILES string of the molecule is COc1ccccc1N=CC12c3ccccc3C(c3ccccc31)[C@H]1C(=O)N(c3cccc4ccccc34)C(=O)[C@H]12. The molecule has 41 heavy (non-hydrogen) atoms. The van der Waals surface area contributed by atoms with E-state index in [-0.39, 0.29) is 17.7 Å². The van der Waals surface area contributed by atoms with Crippen molar-refractivity contribution in [1.29, 1.82) is 0 Å². The number of carbonyl (C=O) groups is 2. The first kappa shape index (κ1) is 23.8. The third-order valence-corrected chi connectivity index (χ3v) is 9.18. The van der Waals surface area contributed by atoms with Crippen molar-refractivity contribution in [2.45, 2.75) is 11.3 Å². The molecule has 1 heterocycles. The molecule has 0 saturated carbocycles. The highest BCUT2D eigenvalue weighted by molar-refractivity contribution is 6.27. The average molecular weight is 535 g/mol. The maximum atomic E-state index is 14.8. The molecule has 5 aromatic carbocycles. The lowest BCUT2D eigenvalue weighted by Crippen LogP contribution is -2.54. The van der Waals surface area contributed by atoms with Gasteiger partial charge in [0.05, 0.1) is 30.0 Å². The van der Waals surface area contributed by atoms with Crippen molar-refractivity contribution in [2.24, 2.45) is 16.8 Å². The third-order valence-electron chi connectivity index (χ3n) is 9.18. The van der Waals surface area contributed by atoms with Gasteiger partial charge in [-0.15, -0.1) is 0 Å². The van der Waals surface area contributed by atoms with Gasteiger partial charge in [0.15, 0.2) is 0 Å². The van der Waals surface area contributed by atoms with Crippen molar-refractivity contribution in [3.05, 3.63) is 138 Å². The number of methoxy groups -OCH3 is 1. The number of anilines is 1. The monoisotopic (exact) mass is 534 g/mol. The second-order valence-corrected chi connectivity index (χ2v) is 11.0. The number of aliphatic imine (C=N–C) groups is 1. The Morgan fingerprint density at radius 2 is 1.37 bits per heavy atom. The summed E-state index contributed by atoms with van der Waals surface area (Å²) in [4.78, 5) is 35.8. The van der Waals surface area contributed by atoms with Crippen LogP contribution in [0.4, 0.5) is 11.4 Å². The summed E-state index contributed by atoms with van der Waals surface area (Å²) in [6.45, 7) is 0. The van der Waals surface area contributed by atoms with E-state index in [0.717, 1.165) is 33.0 Å². The molecule has 1 saturated heterocycles. The summed E-state index contributed by atoms with van der Waals surface area (Å²) >= 11 is 0. The number of imide groups is 1. The molecule has 0 aromatic heterocycles. The van der Waals surface area contributed by atoms with E-state index in [0.29, 0.717) is 17.1 Å². The lowest BCUT2D eigenvalue weighted by molar-refractivity contribution is -0.122. The molecule has 4 aliphatic rings. The molecule has 5 aromatic rings. The summed E-state index contributed by atoms with van der Waals surface area (Å²) in [5.74, 6) is -1.09. The van der Waals surface area contributed by atoms with E-state index in [1.54, 1.807) is 7.11 Å². The topological polar surface area (TPSA) is 59.0 Å². The summed E-state index contributed by atoms with van der Waals surface area (Å²) in [7, 11) is 1.63. The Hall–Kier alpha value is -5.03. The molecule has 2 atom stereocenters. The summed E-state index contributed by atoms with van der Waals surface area (Å²) in [6.07, 6.45) is 1.91. The van der Waals surface area contributed by atoms with Gasteiger partial charge in [0, 0.05) is 17.5 Å². The molecule has 0 spiro atoms. The van der Waals surface area contributed by atoms with Gasteiger partial charge in [-0.2, -0.15) is 0 Å². The zero-order valence-electron chi connectivity index (χ0n) is 22.4. The molecule has 2 bridgehead atoms. The van der Waals surface area contributed by atoms with Crippen molar-refractivity contribution in [1.82, 2.24) is 0 Å². The molecule has 0 unspecified atom stereocenters. The van der Waals surface area contributed by atoms with E-state index in [9.17, 15) is 9.59 Å². The smallest absolute Gasteiger partial charge is 0.239 e. The molecule has 5 heteroatoms. The first-order valence-electron chi connectivity index (χ1n) is 13.9. The summed E-state index contributed by atoms with van der Waals surface area (Å²) in [6, 6.07) is 37.8. The van der Waals surface area contributed by atoms with Crippen LogP contribution < -0.4 is 9.64 Å². The Bertz CT molecular complexity index is 1870. The predicted molar refractivity (Wildman–Crippen MR) is 160 cm³/mol. The summed E-state index contributed by atoms with van der Waals surface area (Å²) in [5.41, 5.74) is 4.61. The van der Waals surface area contributed by atoms with Crippen molar-refractivity contribution in [2.75, 3.05) is 12.0 Å². The molecule has 2 amide bonds. The second kappa shape index (κ2) is 8.73. The van der Waals surface area contributed by atoms with E-state index in [4.69, 9.17) is 9.73 Å². The van der Waals surface area contributed by atoms with Crippen LogP contribution in [0.2, 0.25) is 0 Å². The Morgan fingerprint density at radius 3 is 2.12 bits per heavy atom. The van der Waals surface area contributed by atoms with Gasteiger partial charge in [-0.25, -0.2) is 4.90 Å². The van der Waals surface area contributed by atoms with Crippen LogP contribution in [0.15, 0.2) is 120 Å². The van der Waals surface area contributed by atoms with Gasteiger partial charge < -0.3 is 4.74 Å². The molecule has 5 nitrogen and oxygen atoms in total. The Morgan fingerprint density at radius 1 is 0.732 bits per heavy atom. The van der Waals surface area contributed by atoms with E-state index in [1.165, 1.54) is 4.90 Å². The van der Waals surface area contributed by atoms with Gasteiger partial charge >= 0.3 is 0 Å². The quantitative estimate of drug-likeness (QED) is 0.188. The lowest BCUT2D eigenvalue weighted by Gasteiger charge is -2.52. The highest BCUT2D eigenvalue weighted by Crippen LogP contribution is 2.64. The fraction of sp³-hybridized carbons (Fsp3) is 0.139. The molecule has 0 radical (unpaired) electrons. The number of fused-ring (bicyclic) bond motifs is 1. The van der Waals surface area contributed by atoms with E-state index < -0.39 is 17.3 Å². The summed E-state index contributed by atoms with van der Waals surface area (Å²) < 4.78 is 5.60. The molecular formula is C36H26N2O3. The van der Waals surface area contributed by atoms with Gasteiger partial charge in [-0.05, 0) is 45.8 Å². The number of ether oxygens (including phenoxy) is 1. The number of benzene rings is 5. The van der Waals surface area contributed by atoms with Gasteiger partial charge in [0.1, 0.15) is 11.4 Å². The second-order valence-electron chi connectivity index (χ2n) is 11.0. The van der Waals surface area contributed by atoms with E-state index in [2.05, 4.69) is 24.3 Å². The number of amides is 2. The minimum atomic E-state index is -0.931. The van der Waals surface area contributed by atoms with Crippen LogP contribution in [-0.2, 0) is 15.0 Å². The maximum absolute atomic E-state index is 14.8. The number of hydrogen-bond acceptors (Lipinski definition) is 4. The van der Waals surface area contributed by atoms with Gasteiger partial charge in [0.2, 0.25) is 11.8 Å². The molecule has 1 aliphatic heterocycles. The predicted octanol–water partition coefficient (Wildman–Crippen LogP) is 6.80. The van der Waals surface area contributed by atoms with Crippen molar-refractivity contribution >= 4 is 40.2 Å². The zero-order chi connectivity index (χ0) is 27.7. The standard InChI is InChI=1S/C36H26N2O3/c1-41-30-20-9-8-18-28(30)37-21-36-26-16-6-4-14-24(26)31(25-15-5-7-17-27(25)36)32-33(36)35(40)38(34(32)39)29-19-10-12-22-11-2-3-13-23(22)29/h2-21,31-33H,1H3/t31?,32-,33+,36?/m1/s1. The van der Waals surface area contributed by atoms with Crippen LogP contribution in [0, 0.1) is 11.8 Å². The van der Waals surface area contributed by atoms with Crippen LogP contribution >= 0.6 is 0 Å². The van der Waals surface area contributed by atoms with Crippen LogP contribution in [0.1, 0.15) is 28.2 Å². The minimum absolute atomic E-state index is 0.152. The lowest BCUT2D eigenvalue weighted by atomic mass is 9.47. The molecular weight excluding hydrogens is 508 g/mol. The molecule has 3 aliphatic carbocycles. The maximum Gasteiger partial charge on any atom is 0.239 e. The van der Waals surface area contributed by atoms with Crippen LogP contribution in [0.25, 0.3) is 10.8 Å². The first-order chi connectivity index (χ1) is 20.1. The van der Waals surface area contributed by atoms with Crippen LogP contribution in [0.5, 0.6) is 5.75 Å². The van der Waals surface area contributed by atoms with Gasteiger partial charge in [-0.3, -0.25) is 14.6 Å². The fourth-order valence-electron chi connectivity index (χ4n) is 7.60. The zero-order valence-corrected chi connectivity index (χ0v) is 22.4. The van der Waals surface area contributed by atoms with Crippen LogP contribution in [-0.4, -0.2) is 25.1 Å². The number of para-hydroxylation sites is 2. The van der Waals surface area contributed by atoms with Crippen molar-refractivity contribution in [3.8, 4) is 5.75 Å². The Balaban J connectivity index is 1.40. The first-order valence-corrected chi connectivity index (χ1v) is 13.9. The normalized spacial score (nSPS) is 24.0. The number of nitrogens with zero attached hydrogens (tertiary/aromatic N) is 2. The van der Waals surface area contributed by atoms with Crippen molar-refractivity contribution in [3.63, 3.8) is 0 Å². The molecule has 198 valence electrons. The van der Waals surface area contributed by atoms with Crippen LogP contribution in [0.3, 0.4) is 0 Å². The average Bonchev–Trinajstić information content (AvgIpc) is 3.30. The molecule has 0 N–H and O–H groups in total. The highest BCUT2D eigenvalue weighted by Gasteiger charge is 2.68. The number of hydrogen-bond donors (Lipinski definition) is 0. The van der Waals surface area contributed by atoms with Gasteiger partial charge in [-0.1, -0.05) is 97.1 Å². The van der Waals surface area contributed by atoms with E-state index >= 15 is 0 Å². The number of rotatable bonds is 4. The highest BCUT2D eigenvalue weighted by atomic mass is 16.5. The Kier molecular flexibility index (Phi) is 5.08. The largest absolute Gasteiger partial charge is 0.494 e. The Labute approximate surface area is 237 Å². The third kappa shape index (κ3) is 3.09. The molecule has 9 rings (SSSR count). The fourth-order valence-corrected chi connectivity index (χ4v) is 7.60.